The van der Waals surface area contributed by atoms with E-state index < -0.39 is 41.0 Å². The summed E-state index contributed by atoms with van der Waals surface area (Å²) in [4.78, 5) is 21.3. The maximum Gasteiger partial charge on any atom is 0.416 e. The molecule has 3 aromatic rings. The zero-order valence-electron chi connectivity index (χ0n) is 17.9. The van der Waals surface area contributed by atoms with Crippen molar-refractivity contribution in [3.8, 4) is 11.9 Å². The highest BCUT2D eigenvalue weighted by molar-refractivity contribution is 5.94. The van der Waals surface area contributed by atoms with E-state index in [0.717, 1.165) is 12.8 Å². The fourth-order valence-corrected chi connectivity index (χ4v) is 3.31. The van der Waals surface area contributed by atoms with Crippen molar-refractivity contribution in [1.82, 2.24) is 25.1 Å². The van der Waals surface area contributed by atoms with E-state index in [-0.39, 0.29) is 23.6 Å². The number of carbonyl (C=O) groups is 1. The average molecular weight is 494 g/mol. The molecule has 1 fully saturated rings. The Hall–Kier alpha value is -3.95. The van der Waals surface area contributed by atoms with Crippen molar-refractivity contribution in [3.63, 3.8) is 0 Å². The molecule has 1 aromatic carbocycles. The van der Waals surface area contributed by atoms with Gasteiger partial charge in [0.2, 0.25) is 0 Å². The summed E-state index contributed by atoms with van der Waals surface area (Å²) in [5.41, 5.74) is -3.69. The molecule has 1 amide bonds. The molecule has 4 rings (SSSR count). The molecule has 35 heavy (non-hydrogen) atoms. The van der Waals surface area contributed by atoms with Crippen LogP contribution in [0.2, 0.25) is 0 Å². The highest BCUT2D eigenvalue weighted by Crippen LogP contribution is 2.39. The van der Waals surface area contributed by atoms with Crippen LogP contribution in [0.4, 0.5) is 26.3 Å². The van der Waals surface area contributed by atoms with Crippen molar-refractivity contribution in [3.05, 3.63) is 70.4 Å². The van der Waals surface area contributed by atoms with E-state index in [1.807, 2.05) is 6.07 Å². The van der Waals surface area contributed by atoms with Gasteiger partial charge in [-0.25, -0.2) is 9.97 Å². The van der Waals surface area contributed by atoms with Crippen LogP contribution >= 0.6 is 0 Å². The van der Waals surface area contributed by atoms with E-state index in [0.29, 0.717) is 23.5 Å². The number of nitrogens with zero attached hydrogens (tertiary/aromatic N) is 5. The standard InChI is InChI=1S/C22H16F6N6O/c1-11(31-20(35)14-6-15(21(23,24)25)8-16(7-14)22(26,27)28)19-32-18(13-3-4-13)33-34(19)17-5-2-12(9-29)10-30-17/h2,5-8,10-11,13H,3-4H2,1H3,(H,31,35). The number of hydrogen-bond acceptors (Lipinski definition) is 5. The van der Waals surface area contributed by atoms with Crippen LogP contribution in [0.15, 0.2) is 36.5 Å². The Morgan fingerprint density at radius 3 is 2.23 bits per heavy atom. The summed E-state index contributed by atoms with van der Waals surface area (Å²) in [7, 11) is 0. The Morgan fingerprint density at radius 2 is 1.74 bits per heavy atom. The summed E-state index contributed by atoms with van der Waals surface area (Å²) >= 11 is 0. The minimum atomic E-state index is -5.08. The Kier molecular flexibility index (Phi) is 6.00. The molecule has 7 nitrogen and oxygen atoms in total. The van der Waals surface area contributed by atoms with Gasteiger partial charge in [0, 0.05) is 17.7 Å². The Balaban J connectivity index is 1.67. The summed E-state index contributed by atoms with van der Waals surface area (Å²) in [5, 5.41) is 15.8. The van der Waals surface area contributed by atoms with Crippen LogP contribution in [-0.4, -0.2) is 25.7 Å². The number of halogens is 6. The van der Waals surface area contributed by atoms with E-state index in [2.05, 4.69) is 20.4 Å². The monoisotopic (exact) mass is 494 g/mol. The number of benzene rings is 1. The normalized spacial score (nSPS) is 14.9. The van der Waals surface area contributed by atoms with Crippen molar-refractivity contribution in [1.29, 1.82) is 5.26 Å². The van der Waals surface area contributed by atoms with Crippen molar-refractivity contribution in [2.24, 2.45) is 0 Å². The zero-order valence-corrected chi connectivity index (χ0v) is 17.9. The van der Waals surface area contributed by atoms with Crippen molar-refractivity contribution < 1.29 is 31.1 Å². The molecule has 1 atom stereocenters. The number of pyridine rings is 1. The van der Waals surface area contributed by atoms with Gasteiger partial charge in [0.05, 0.1) is 22.7 Å². The predicted octanol–water partition coefficient (Wildman–Crippen LogP) is 4.94. The molecule has 182 valence electrons. The lowest BCUT2D eigenvalue weighted by atomic mass is 10.0. The summed E-state index contributed by atoms with van der Waals surface area (Å²) < 4.78 is 80.3. The largest absolute Gasteiger partial charge is 0.416 e. The molecule has 1 aliphatic rings. The van der Waals surface area contributed by atoms with E-state index >= 15 is 0 Å². The lowest BCUT2D eigenvalue weighted by Crippen LogP contribution is -2.29. The SMILES string of the molecule is CC(NC(=O)c1cc(C(F)(F)F)cc(C(F)(F)F)c1)c1nc(C2CC2)nn1-c1ccc(C#N)cn1. The minimum Gasteiger partial charge on any atom is -0.342 e. The van der Waals surface area contributed by atoms with Crippen LogP contribution < -0.4 is 5.32 Å². The summed E-state index contributed by atoms with van der Waals surface area (Å²) in [6.07, 6.45) is -7.14. The number of aromatic nitrogens is 4. The van der Waals surface area contributed by atoms with Gasteiger partial charge >= 0.3 is 12.4 Å². The molecule has 1 saturated carbocycles. The van der Waals surface area contributed by atoms with Gasteiger partial charge in [-0.05, 0) is 50.1 Å². The molecule has 0 radical (unpaired) electrons. The molecule has 0 bridgehead atoms. The molecule has 0 saturated heterocycles. The van der Waals surface area contributed by atoms with Gasteiger partial charge in [-0.2, -0.15) is 36.3 Å². The van der Waals surface area contributed by atoms with E-state index in [9.17, 15) is 31.1 Å². The molecule has 2 aromatic heterocycles. The van der Waals surface area contributed by atoms with Crippen LogP contribution in [-0.2, 0) is 12.4 Å². The van der Waals surface area contributed by atoms with Gasteiger partial charge in [0.25, 0.3) is 5.91 Å². The number of alkyl halides is 6. The smallest absolute Gasteiger partial charge is 0.342 e. The van der Waals surface area contributed by atoms with Gasteiger partial charge in [0.15, 0.2) is 17.5 Å². The van der Waals surface area contributed by atoms with Crippen molar-refractivity contribution in [2.45, 2.75) is 44.1 Å². The van der Waals surface area contributed by atoms with Gasteiger partial charge in [-0.15, -0.1) is 5.10 Å². The van der Waals surface area contributed by atoms with Crippen molar-refractivity contribution in [2.75, 3.05) is 0 Å². The first-order valence-corrected chi connectivity index (χ1v) is 10.3. The summed E-state index contributed by atoms with van der Waals surface area (Å²) in [6, 6.07) is 4.65. The molecular weight excluding hydrogens is 478 g/mol. The first-order valence-electron chi connectivity index (χ1n) is 10.3. The summed E-state index contributed by atoms with van der Waals surface area (Å²) in [5.74, 6) is -0.109. The fraction of sp³-hybridized carbons (Fsp3) is 0.318. The summed E-state index contributed by atoms with van der Waals surface area (Å²) in [6.45, 7) is 1.47. The second kappa shape index (κ2) is 8.68. The first kappa shape index (κ1) is 24.2. The van der Waals surface area contributed by atoms with Crippen molar-refractivity contribution >= 4 is 5.91 Å². The molecule has 0 spiro atoms. The Morgan fingerprint density at radius 1 is 1.11 bits per heavy atom. The van der Waals surface area contributed by atoms with Crippen LogP contribution in [0.5, 0.6) is 0 Å². The third-order valence-electron chi connectivity index (χ3n) is 5.27. The number of rotatable bonds is 5. The molecule has 0 aliphatic heterocycles. The van der Waals surface area contributed by atoms with E-state index in [4.69, 9.17) is 5.26 Å². The zero-order chi connectivity index (χ0) is 25.5. The minimum absolute atomic E-state index is 0.0463. The molecular formula is C22H16F6N6O. The number of nitriles is 1. The predicted molar refractivity (Wildman–Crippen MR) is 108 cm³/mol. The Labute approximate surface area is 194 Å². The number of hydrogen-bond donors (Lipinski definition) is 1. The van der Waals surface area contributed by atoms with Crippen LogP contribution in [0.25, 0.3) is 5.82 Å². The van der Waals surface area contributed by atoms with Crippen LogP contribution in [0.3, 0.4) is 0 Å². The highest BCUT2D eigenvalue weighted by atomic mass is 19.4. The molecule has 2 heterocycles. The third-order valence-corrected chi connectivity index (χ3v) is 5.27. The van der Waals surface area contributed by atoms with Gasteiger partial charge in [-0.1, -0.05) is 0 Å². The maximum atomic E-state index is 13.2. The molecule has 13 heteroatoms. The van der Waals surface area contributed by atoms with E-state index in [1.54, 1.807) is 0 Å². The average Bonchev–Trinajstić information content (AvgIpc) is 3.55. The quantitative estimate of drug-likeness (QED) is 0.507. The molecule has 1 aliphatic carbocycles. The maximum absolute atomic E-state index is 13.2. The topological polar surface area (TPSA) is 96.5 Å². The number of amides is 1. The van der Waals surface area contributed by atoms with Gasteiger partial charge in [0.1, 0.15) is 6.07 Å². The van der Waals surface area contributed by atoms with Gasteiger partial charge in [-0.3, -0.25) is 4.79 Å². The van der Waals surface area contributed by atoms with E-state index in [1.165, 1.54) is 29.9 Å². The molecule has 1 unspecified atom stereocenters. The second-order valence-corrected chi connectivity index (χ2v) is 8.02. The second-order valence-electron chi connectivity index (χ2n) is 8.02. The molecule has 1 N–H and O–H groups in total. The lowest BCUT2D eigenvalue weighted by Gasteiger charge is -2.17. The first-order chi connectivity index (χ1) is 16.4. The number of carbonyl (C=O) groups excluding carboxylic acids is 1. The van der Waals surface area contributed by atoms with Gasteiger partial charge < -0.3 is 5.32 Å². The highest BCUT2D eigenvalue weighted by Gasteiger charge is 2.38. The van der Waals surface area contributed by atoms with Crippen LogP contribution in [0.1, 0.15) is 70.4 Å². The number of nitrogens with one attached hydrogen (secondary N) is 1. The Bertz CT molecular complexity index is 1270. The lowest BCUT2D eigenvalue weighted by molar-refractivity contribution is -0.143. The van der Waals surface area contributed by atoms with Crippen LogP contribution in [0, 0.1) is 11.3 Å². The fourth-order valence-electron chi connectivity index (χ4n) is 3.31. The third kappa shape index (κ3) is 5.26.